The molecule has 0 aromatic carbocycles. The second-order valence-corrected chi connectivity index (χ2v) is 4.79. The fourth-order valence-corrected chi connectivity index (χ4v) is 2.60. The molecule has 4 atom stereocenters. The van der Waals surface area contributed by atoms with E-state index in [1.807, 2.05) is 0 Å². The van der Waals surface area contributed by atoms with E-state index in [-0.39, 0.29) is 11.9 Å². The van der Waals surface area contributed by atoms with Gasteiger partial charge >= 0.3 is 0 Å². The van der Waals surface area contributed by atoms with Gasteiger partial charge < -0.3 is 25.1 Å². The number of nitrogens with zero attached hydrogens (tertiary/aromatic N) is 4. The summed E-state index contributed by atoms with van der Waals surface area (Å²) >= 11 is 0. The number of nitrogens with two attached hydrogens (primary N) is 1. The predicted molar refractivity (Wildman–Crippen MR) is 72.3 cm³/mol. The Bertz CT molecular complexity index is 633. The molecule has 3 N–H and O–H groups in total. The molecular formula is C12H17N5O4. The summed E-state index contributed by atoms with van der Waals surface area (Å²) in [5, 5.41) is 10.4. The van der Waals surface area contributed by atoms with E-state index in [0.717, 1.165) is 0 Å². The van der Waals surface area contributed by atoms with Gasteiger partial charge in [0.2, 0.25) is 0 Å². The zero-order valence-corrected chi connectivity index (χ0v) is 11.7. The summed E-state index contributed by atoms with van der Waals surface area (Å²) < 4.78 is 17.9. The third-order valence-electron chi connectivity index (χ3n) is 3.57. The van der Waals surface area contributed by atoms with Crippen LogP contribution in [0.25, 0.3) is 11.2 Å². The first-order valence-corrected chi connectivity index (χ1v) is 6.45. The Kier molecular flexibility index (Phi) is 3.72. The van der Waals surface area contributed by atoms with Crippen LogP contribution in [-0.2, 0) is 14.2 Å². The third-order valence-corrected chi connectivity index (χ3v) is 3.57. The maximum Gasteiger partial charge on any atom is 0.167 e. The molecule has 2 aromatic rings. The number of hydrogen-bond acceptors (Lipinski definition) is 8. The molecule has 9 heteroatoms. The molecule has 1 aliphatic heterocycles. The number of aliphatic hydroxyl groups excluding tert-OH is 1. The van der Waals surface area contributed by atoms with Crippen LogP contribution >= 0.6 is 0 Å². The van der Waals surface area contributed by atoms with Crippen LogP contribution in [-0.4, -0.2) is 63.8 Å². The smallest absolute Gasteiger partial charge is 0.167 e. The lowest BCUT2D eigenvalue weighted by Gasteiger charge is -2.18. The number of nitrogen functional groups attached to an aromatic ring is 1. The van der Waals surface area contributed by atoms with Crippen molar-refractivity contribution in [2.24, 2.45) is 0 Å². The maximum absolute atomic E-state index is 10.4. The van der Waals surface area contributed by atoms with Crippen molar-refractivity contribution in [3.8, 4) is 0 Å². The molecule has 0 amide bonds. The Labute approximate surface area is 120 Å². The van der Waals surface area contributed by atoms with E-state index in [0.29, 0.717) is 17.8 Å². The van der Waals surface area contributed by atoms with Gasteiger partial charge in [0.25, 0.3) is 0 Å². The van der Waals surface area contributed by atoms with E-state index in [4.69, 9.17) is 19.9 Å². The number of rotatable bonds is 4. The van der Waals surface area contributed by atoms with Gasteiger partial charge in [0.1, 0.15) is 30.2 Å². The summed E-state index contributed by atoms with van der Waals surface area (Å²) in [6.07, 6.45) is 0.449. The molecule has 1 aliphatic rings. The van der Waals surface area contributed by atoms with Crippen molar-refractivity contribution in [1.82, 2.24) is 19.5 Å². The fraction of sp³-hybridized carbons (Fsp3) is 0.583. The number of fused-ring (bicyclic) bond motifs is 1. The third kappa shape index (κ3) is 2.23. The highest BCUT2D eigenvalue weighted by atomic mass is 16.6. The maximum atomic E-state index is 10.4. The Morgan fingerprint density at radius 2 is 2.19 bits per heavy atom. The van der Waals surface area contributed by atoms with E-state index in [2.05, 4.69) is 15.0 Å². The first-order valence-electron chi connectivity index (χ1n) is 6.45. The number of aliphatic hydroxyl groups is 1. The van der Waals surface area contributed by atoms with E-state index >= 15 is 0 Å². The van der Waals surface area contributed by atoms with E-state index < -0.39 is 18.4 Å². The second-order valence-electron chi connectivity index (χ2n) is 4.79. The van der Waals surface area contributed by atoms with E-state index in [1.165, 1.54) is 19.8 Å². The minimum atomic E-state index is -0.872. The summed E-state index contributed by atoms with van der Waals surface area (Å²) in [6.45, 7) is 0.315. The molecule has 9 nitrogen and oxygen atoms in total. The van der Waals surface area contributed by atoms with Gasteiger partial charge in [-0.25, -0.2) is 15.0 Å². The molecule has 0 radical (unpaired) electrons. The Balaban J connectivity index is 1.97. The summed E-state index contributed by atoms with van der Waals surface area (Å²) in [7, 11) is 3.09. The van der Waals surface area contributed by atoms with Crippen molar-refractivity contribution in [1.29, 1.82) is 0 Å². The molecule has 3 rings (SSSR count). The highest BCUT2D eigenvalue weighted by Crippen LogP contribution is 2.33. The van der Waals surface area contributed by atoms with Gasteiger partial charge in [0.05, 0.1) is 12.9 Å². The Morgan fingerprint density at radius 1 is 1.38 bits per heavy atom. The summed E-state index contributed by atoms with van der Waals surface area (Å²) in [6, 6.07) is 0. The molecule has 0 saturated carbocycles. The molecule has 3 heterocycles. The number of anilines is 1. The zero-order chi connectivity index (χ0) is 15.0. The molecule has 0 spiro atoms. The first-order chi connectivity index (χ1) is 10.2. The largest absolute Gasteiger partial charge is 0.386 e. The van der Waals surface area contributed by atoms with Crippen molar-refractivity contribution >= 4 is 17.0 Å². The van der Waals surface area contributed by atoms with Crippen LogP contribution < -0.4 is 5.73 Å². The lowest BCUT2D eigenvalue weighted by atomic mass is 10.1. The summed E-state index contributed by atoms with van der Waals surface area (Å²) in [4.78, 5) is 12.2. The van der Waals surface area contributed by atoms with Gasteiger partial charge in [-0.3, -0.25) is 4.57 Å². The normalized spacial score (nSPS) is 29.3. The quantitative estimate of drug-likeness (QED) is 0.762. The predicted octanol–water partition coefficient (Wildman–Crippen LogP) is -0.672. The average molecular weight is 295 g/mol. The molecule has 2 aromatic heterocycles. The minimum Gasteiger partial charge on any atom is -0.386 e. The Morgan fingerprint density at radius 3 is 2.90 bits per heavy atom. The highest BCUT2D eigenvalue weighted by Gasteiger charge is 2.45. The van der Waals surface area contributed by atoms with Gasteiger partial charge in [-0.2, -0.15) is 0 Å². The zero-order valence-electron chi connectivity index (χ0n) is 11.7. The van der Waals surface area contributed by atoms with E-state index in [1.54, 1.807) is 11.7 Å². The lowest BCUT2D eigenvalue weighted by Crippen LogP contribution is -2.35. The first kappa shape index (κ1) is 14.1. The Hall–Kier alpha value is -1.81. The molecule has 1 fully saturated rings. The molecular weight excluding hydrogens is 278 g/mol. The van der Waals surface area contributed by atoms with Gasteiger partial charge in [-0.15, -0.1) is 0 Å². The van der Waals surface area contributed by atoms with E-state index in [9.17, 15) is 5.11 Å². The standard InChI is InChI=1S/C12H17N5O4/c1-19-3-6-9(20-2)8(18)12(21-6)17-5-16-7-10(13)14-4-15-11(7)17/h4-6,8-9,12,18H,3H2,1-2H3,(H2,13,14,15). The minimum absolute atomic E-state index is 0.281. The van der Waals surface area contributed by atoms with Crippen molar-refractivity contribution in [2.75, 3.05) is 26.6 Å². The highest BCUT2D eigenvalue weighted by molar-refractivity contribution is 5.81. The monoisotopic (exact) mass is 295 g/mol. The number of imidazole rings is 1. The molecule has 21 heavy (non-hydrogen) atoms. The number of ether oxygens (including phenoxy) is 3. The number of hydrogen-bond donors (Lipinski definition) is 2. The fourth-order valence-electron chi connectivity index (χ4n) is 2.60. The van der Waals surface area contributed by atoms with Gasteiger partial charge in [-0.1, -0.05) is 0 Å². The van der Waals surface area contributed by atoms with Crippen molar-refractivity contribution in [3.63, 3.8) is 0 Å². The summed E-state index contributed by atoms with van der Waals surface area (Å²) in [5.74, 6) is 0.281. The van der Waals surface area contributed by atoms with Crippen LogP contribution in [0.1, 0.15) is 6.23 Å². The van der Waals surface area contributed by atoms with Gasteiger partial charge in [-0.05, 0) is 0 Å². The molecule has 0 aliphatic carbocycles. The molecule has 1 saturated heterocycles. The number of methoxy groups -OCH3 is 2. The van der Waals surface area contributed by atoms with Crippen LogP contribution in [0.3, 0.4) is 0 Å². The SMILES string of the molecule is COCC1OC(n2cnc3c(N)ncnc32)C(O)C1OC. The number of aromatic nitrogens is 4. The van der Waals surface area contributed by atoms with Crippen LogP contribution in [0, 0.1) is 0 Å². The van der Waals surface area contributed by atoms with Crippen LogP contribution in [0.5, 0.6) is 0 Å². The van der Waals surface area contributed by atoms with Crippen molar-refractivity contribution in [3.05, 3.63) is 12.7 Å². The lowest BCUT2D eigenvalue weighted by molar-refractivity contribution is -0.0612. The molecule has 114 valence electrons. The van der Waals surface area contributed by atoms with Crippen LogP contribution in [0.2, 0.25) is 0 Å². The average Bonchev–Trinajstić information content (AvgIpc) is 3.02. The van der Waals surface area contributed by atoms with Crippen molar-refractivity contribution < 1.29 is 19.3 Å². The molecule has 0 bridgehead atoms. The van der Waals surface area contributed by atoms with Crippen LogP contribution in [0.4, 0.5) is 5.82 Å². The van der Waals surface area contributed by atoms with Gasteiger partial charge in [0.15, 0.2) is 17.7 Å². The second kappa shape index (κ2) is 5.53. The van der Waals surface area contributed by atoms with Crippen molar-refractivity contribution in [2.45, 2.75) is 24.5 Å². The van der Waals surface area contributed by atoms with Gasteiger partial charge in [0, 0.05) is 14.2 Å². The summed E-state index contributed by atoms with van der Waals surface area (Å²) in [5.41, 5.74) is 6.73. The van der Waals surface area contributed by atoms with Crippen LogP contribution in [0.15, 0.2) is 12.7 Å². The topological polar surface area (TPSA) is 118 Å². The molecule has 4 unspecified atom stereocenters.